The summed E-state index contributed by atoms with van der Waals surface area (Å²) in [5.74, 6) is 0.832. The van der Waals surface area contributed by atoms with Crippen molar-refractivity contribution in [2.24, 2.45) is 11.8 Å². The molecule has 3 nitrogen and oxygen atoms in total. The van der Waals surface area contributed by atoms with Crippen molar-refractivity contribution in [2.45, 2.75) is 13.3 Å². The number of carbonyl (C=O) groups is 1. The van der Waals surface area contributed by atoms with Crippen LogP contribution < -0.4 is 5.32 Å². The fourth-order valence-corrected chi connectivity index (χ4v) is 1.74. The Bertz CT molecular complexity index is 367. The van der Waals surface area contributed by atoms with Crippen LogP contribution in [0, 0.1) is 11.8 Å². The van der Waals surface area contributed by atoms with Gasteiger partial charge in [0.25, 0.3) is 0 Å². The summed E-state index contributed by atoms with van der Waals surface area (Å²) < 4.78 is 0.682. The van der Waals surface area contributed by atoms with Gasteiger partial charge in [-0.1, -0.05) is 6.92 Å². The second-order valence-electron chi connectivity index (χ2n) is 3.65. The monoisotopic (exact) mass is 254 g/mol. The number of nitrogens with zero attached hydrogens (tertiary/aromatic N) is 1. The molecule has 1 aromatic rings. The van der Waals surface area contributed by atoms with E-state index in [1.165, 1.54) is 0 Å². The van der Waals surface area contributed by atoms with Gasteiger partial charge in [0, 0.05) is 12.1 Å². The Morgan fingerprint density at radius 3 is 3.00 bits per heavy atom. The van der Waals surface area contributed by atoms with Crippen molar-refractivity contribution in [1.29, 1.82) is 0 Å². The zero-order valence-electron chi connectivity index (χ0n) is 7.83. The van der Waals surface area contributed by atoms with Gasteiger partial charge in [0.2, 0.25) is 5.91 Å². The third kappa shape index (κ3) is 1.95. The summed E-state index contributed by atoms with van der Waals surface area (Å²) in [6, 6.07) is 3.64. The van der Waals surface area contributed by atoms with E-state index < -0.39 is 0 Å². The van der Waals surface area contributed by atoms with Gasteiger partial charge in [0.05, 0.1) is 5.69 Å². The summed E-state index contributed by atoms with van der Waals surface area (Å²) in [5, 5.41) is 2.85. The molecule has 0 bridgehead atoms. The van der Waals surface area contributed by atoms with Crippen molar-refractivity contribution in [3.05, 3.63) is 22.9 Å². The summed E-state index contributed by atoms with van der Waals surface area (Å²) in [6.45, 7) is 2.09. The van der Waals surface area contributed by atoms with E-state index in [-0.39, 0.29) is 11.8 Å². The average molecular weight is 255 g/mol. The molecule has 0 radical (unpaired) electrons. The van der Waals surface area contributed by atoms with Crippen molar-refractivity contribution in [1.82, 2.24) is 4.98 Å². The lowest BCUT2D eigenvalue weighted by Crippen LogP contribution is -2.14. The topological polar surface area (TPSA) is 42.0 Å². The summed E-state index contributed by atoms with van der Waals surface area (Å²) in [6.07, 6.45) is 2.68. The predicted octanol–water partition coefficient (Wildman–Crippen LogP) is 2.44. The van der Waals surface area contributed by atoms with E-state index >= 15 is 0 Å². The van der Waals surface area contributed by atoms with E-state index in [0.29, 0.717) is 10.5 Å². The van der Waals surface area contributed by atoms with Crippen LogP contribution in [0.15, 0.2) is 22.9 Å². The largest absolute Gasteiger partial charge is 0.324 e. The number of anilines is 1. The molecule has 74 valence electrons. The summed E-state index contributed by atoms with van der Waals surface area (Å²) in [7, 11) is 0. The minimum atomic E-state index is 0.103. The van der Waals surface area contributed by atoms with E-state index in [9.17, 15) is 4.79 Å². The Hall–Kier alpha value is -0.900. The standard InChI is InChI=1S/C10H11BrN2O/c1-6-5-7(6)10(14)13-8-3-2-4-12-9(8)11/h2-4,6-7H,5H2,1H3,(H,13,14). The van der Waals surface area contributed by atoms with E-state index in [0.717, 1.165) is 12.1 Å². The maximum absolute atomic E-state index is 11.6. The van der Waals surface area contributed by atoms with Gasteiger partial charge in [-0.25, -0.2) is 4.98 Å². The first kappa shape index (κ1) is 9.65. The number of aromatic nitrogens is 1. The summed E-state index contributed by atoms with van der Waals surface area (Å²) >= 11 is 3.28. The Balaban J connectivity index is 2.04. The van der Waals surface area contributed by atoms with Crippen LogP contribution in [0.3, 0.4) is 0 Å². The third-order valence-corrected chi connectivity index (χ3v) is 3.10. The number of carbonyl (C=O) groups excluding carboxylic acids is 1. The van der Waals surface area contributed by atoms with Crippen LogP contribution in [0.25, 0.3) is 0 Å². The highest BCUT2D eigenvalue weighted by Gasteiger charge is 2.39. The maximum atomic E-state index is 11.6. The van der Waals surface area contributed by atoms with Crippen LogP contribution >= 0.6 is 15.9 Å². The van der Waals surface area contributed by atoms with Crippen molar-refractivity contribution in [3.8, 4) is 0 Å². The normalized spacial score (nSPS) is 24.4. The molecule has 0 saturated heterocycles. The van der Waals surface area contributed by atoms with Gasteiger partial charge in [0.15, 0.2) is 0 Å². The highest BCUT2D eigenvalue weighted by atomic mass is 79.9. The van der Waals surface area contributed by atoms with Gasteiger partial charge in [-0.15, -0.1) is 0 Å². The Kier molecular flexibility index (Phi) is 2.54. The first-order valence-corrected chi connectivity index (χ1v) is 5.39. The van der Waals surface area contributed by atoms with Crippen molar-refractivity contribution in [3.63, 3.8) is 0 Å². The highest BCUT2D eigenvalue weighted by molar-refractivity contribution is 9.10. The molecule has 1 heterocycles. The quantitative estimate of drug-likeness (QED) is 0.824. The number of hydrogen-bond donors (Lipinski definition) is 1. The molecule has 1 fully saturated rings. The molecule has 0 aliphatic heterocycles. The predicted molar refractivity (Wildman–Crippen MR) is 57.8 cm³/mol. The molecular formula is C10H11BrN2O. The van der Waals surface area contributed by atoms with Crippen LogP contribution in [-0.2, 0) is 4.79 Å². The Morgan fingerprint density at radius 1 is 1.71 bits per heavy atom. The lowest BCUT2D eigenvalue weighted by molar-refractivity contribution is -0.117. The van der Waals surface area contributed by atoms with Crippen molar-refractivity contribution < 1.29 is 4.79 Å². The molecule has 1 N–H and O–H groups in total. The van der Waals surface area contributed by atoms with Crippen LogP contribution in [0.5, 0.6) is 0 Å². The van der Waals surface area contributed by atoms with Crippen LogP contribution in [0.4, 0.5) is 5.69 Å². The van der Waals surface area contributed by atoms with E-state index in [4.69, 9.17) is 0 Å². The zero-order chi connectivity index (χ0) is 10.1. The average Bonchev–Trinajstić information content (AvgIpc) is 2.87. The number of nitrogens with one attached hydrogen (secondary N) is 1. The number of hydrogen-bond acceptors (Lipinski definition) is 2. The molecule has 1 aliphatic carbocycles. The first-order chi connectivity index (χ1) is 6.68. The second-order valence-corrected chi connectivity index (χ2v) is 4.40. The lowest BCUT2D eigenvalue weighted by Gasteiger charge is -2.05. The highest BCUT2D eigenvalue weighted by Crippen LogP contribution is 2.38. The molecule has 1 saturated carbocycles. The molecule has 0 spiro atoms. The van der Waals surface area contributed by atoms with Gasteiger partial charge < -0.3 is 5.32 Å². The van der Waals surface area contributed by atoms with E-state index in [1.54, 1.807) is 12.3 Å². The molecule has 4 heteroatoms. The van der Waals surface area contributed by atoms with E-state index in [2.05, 4.69) is 33.2 Å². The second kappa shape index (κ2) is 3.69. The van der Waals surface area contributed by atoms with Crippen LogP contribution in [0.1, 0.15) is 13.3 Å². The van der Waals surface area contributed by atoms with Gasteiger partial charge in [0.1, 0.15) is 4.60 Å². The van der Waals surface area contributed by atoms with Gasteiger partial charge >= 0.3 is 0 Å². The number of halogens is 1. The molecule has 2 unspecified atom stereocenters. The van der Waals surface area contributed by atoms with Gasteiger partial charge in [-0.05, 0) is 40.4 Å². The molecule has 1 aromatic heterocycles. The molecule has 1 amide bonds. The fourth-order valence-electron chi connectivity index (χ4n) is 1.39. The smallest absolute Gasteiger partial charge is 0.227 e. The Morgan fingerprint density at radius 2 is 2.43 bits per heavy atom. The number of pyridine rings is 1. The van der Waals surface area contributed by atoms with E-state index in [1.807, 2.05) is 6.07 Å². The zero-order valence-corrected chi connectivity index (χ0v) is 9.41. The molecule has 0 aromatic carbocycles. The Labute approximate surface area is 91.0 Å². The fraction of sp³-hybridized carbons (Fsp3) is 0.400. The van der Waals surface area contributed by atoms with Gasteiger partial charge in [-0.2, -0.15) is 0 Å². The molecule has 2 rings (SSSR count). The minimum absolute atomic E-state index is 0.103. The first-order valence-electron chi connectivity index (χ1n) is 4.60. The minimum Gasteiger partial charge on any atom is -0.324 e. The van der Waals surface area contributed by atoms with Crippen molar-refractivity contribution in [2.75, 3.05) is 5.32 Å². The summed E-state index contributed by atoms with van der Waals surface area (Å²) in [5.41, 5.74) is 0.747. The summed E-state index contributed by atoms with van der Waals surface area (Å²) in [4.78, 5) is 15.6. The maximum Gasteiger partial charge on any atom is 0.227 e. The van der Waals surface area contributed by atoms with Gasteiger partial charge in [-0.3, -0.25) is 4.79 Å². The molecule has 2 atom stereocenters. The van der Waals surface area contributed by atoms with Crippen molar-refractivity contribution >= 4 is 27.5 Å². The van der Waals surface area contributed by atoms with Crippen LogP contribution in [0.2, 0.25) is 0 Å². The lowest BCUT2D eigenvalue weighted by atomic mass is 10.3. The SMILES string of the molecule is CC1CC1C(=O)Nc1cccnc1Br. The molecule has 1 aliphatic rings. The molecular weight excluding hydrogens is 244 g/mol. The number of rotatable bonds is 2. The number of amides is 1. The third-order valence-electron chi connectivity index (χ3n) is 2.46. The molecule has 14 heavy (non-hydrogen) atoms. The van der Waals surface area contributed by atoms with Crippen LogP contribution in [-0.4, -0.2) is 10.9 Å².